The third kappa shape index (κ3) is 4.07. The predicted molar refractivity (Wildman–Crippen MR) is 80.7 cm³/mol. The van der Waals surface area contributed by atoms with E-state index in [0.717, 1.165) is 11.3 Å². The summed E-state index contributed by atoms with van der Waals surface area (Å²) in [6.45, 7) is 0. The fourth-order valence-corrected chi connectivity index (χ4v) is 4.19. The number of nitrogens with one attached hydrogen (secondary N) is 1. The van der Waals surface area contributed by atoms with Gasteiger partial charge in [0.1, 0.15) is 4.90 Å². The van der Waals surface area contributed by atoms with E-state index in [-0.39, 0.29) is 27.2 Å². The van der Waals surface area contributed by atoms with Crippen LogP contribution in [-0.4, -0.2) is 24.5 Å². The second kappa shape index (κ2) is 6.18. The van der Waals surface area contributed by atoms with Crippen LogP contribution in [0, 0.1) is 0 Å². The number of aromatic nitrogens is 1. The van der Waals surface area contributed by atoms with Crippen molar-refractivity contribution < 1.29 is 18.3 Å². The molecule has 0 saturated heterocycles. The number of hydrogen-bond acceptors (Lipinski definition) is 5. The van der Waals surface area contributed by atoms with Gasteiger partial charge in [0.15, 0.2) is 5.13 Å². The Hall–Kier alpha value is -1.35. The lowest BCUT2D eigenvalue weighted by atomic mass is 10.3. The highest BCUT2D eigenvalue weighted by atomic mass is 35.5. The first-order valence-electron chi connectivity index (χ1n) is 5.42. The molecule has 0 fully saturated rings. The number of rotatable bonds is 5. The number of aliphatic carboxylic acids is 1. The van der Waals surface area contributed by atoms with E-state index in [2.05, 4.69) is 9.71 Å². The van der Waals surface area contributed by atoms with E-state index in [4.69, 9.17) is 28.3 Å². The highest BCUT2D eigenvalue weighted by molar-refractivity contribution is 7.93. The van der Waals surface area contributed by atoms with E-state index >= 15 is 0 Å². The number of carboxylic acid groups (broad SMARTS) is 1. The molecule has 0 aliphatic rings. The number of halogens is 2. The zero-order chi connectivity index (χ0) is 15.6. The summed E-state index contributed by atoms with van der Waals surface area (Å²) in [5, 5.41) is 10.5. The largest absolute Gasteiger partial charge is 0.481 e. The second-order valence-electron chi connectivity index (χ2n) is 3.89. The smallest absolute Gasteiger partial charge is 0.309 e. The first kappa shape index (κ1) is 16.0. The SMILES string of the molecule is O=C(O)Cc1csc(NS(=O)(=O)c2ccc(Cl)cc2Cl)n1. The van der Waals surface area contributed by atoms with Gasteiger partial charge >= 0.3 is 5.97 Å². The molecule has 0 aliphatic carbocycles. The molecular formula is C11H8Cl2N2O4S2. The quantitative estimate of drug-likeness (QED) is 0.847. The topological polar surface area (TPSA) is 96.4 Å². The number of carbonyl (C=O) groups is 1. The summed E-state index contributed by atoms with van der Waals surface area (Å²) in [5.74, 6) is -1.05. The lowest BCUT2D eigenvalue weighted by Gasteiger charge is -2.07. The molecule has 21 heavy (non-hydrogen) atoms. The Morgan fingerprint density at radius 3 is 2.71 bits per heavy atom. The Labute approximate surface area is 134 Å². The summed E-state index contributed by atoms with van der Waals surface area (Å²) < 4.78 is 26.6. The number of benzene rings is 1. The normalized spacial score (nSPS) is 11.3. The Morgan fingerprint density at radius 1 is 1.38 bits per heavy atom. The van der Waals surface area contributed by atoms with Crippen molar-refractivity contribution in [1.82, 2.24) is 4.98 Å². The van der Waals surface area contributed by atoms with Gasteiger partial charge in [-0.05, 0) is 18.2 Å². The van der Waals surface area contributed by atoms with Crippen LogP contribution >= 0.6 is 34.5 Å². The van der Waals surface area contributed by atoms with Gasteiger partial charge in [-0.15, -0.1) is 11.3 Å². The minimum atomic E-state index is -3.92. The molecule has 1 heterocycles. The monoisotopic (exact) mass is 366 g/mol. The summed E-state index contributed by atoms with van der Waals surface area (Å²) in [6, 6.07) is 3.99. The molecule has 1 aromatic heterocycles. The van der Waals surface area contributed by atoms with Gasteiger partial charge in [0.25, 0.3) is 10.0 Å². The molecule has 0 spiro atoms. The molecule has 0 atom stereocenters. The van der Waals surface area contributed by atoms with E-state index in [0.29, 0.717) is 5.02 Å². The van der Waals surface area contributed by atoms with Crippen LogP contribution in [0.5, 0.6) is 0 Å². The zero-order valence-electron chi connectivity index (χ0n) is 10.2. The van der Waals surface area contributed by atoms with Crippen LogP contribution in [0.1, 0.15) is 5.69 Å². The van der Waals surface area contributed by atoms with E-state index in [9.17, 15) is 13.2 Å². The molecule has 0 amide bonds. The number of thiazole rings is 1. The van der Waals surface area contributed by atoms with E-state index in [1.807, 2.05) is 0 Å². The number of hydrogen-bond donors (Lipinski definition) is 2. The number of nitrogens with zero attached hydrogens (tertiary/aromatic N) is 1. The Balaban J connectivity index is 2.25. The summed E-state index contributed by atoms with van der Waals surface area (Å²) >= 11 is 12.6. The average Bonchev–Trinajstić information content (AvgIpc) is 2.73. The minimum Gasteiger partial charge on any atom is -0.481 e. The molecular weight excluding hydrogens is 359 g/mol. The van der Waals surface area contributed by atoms with Crippen LogP contribution in [0.2, 0.25) is 10.0 Å². The van der Waals surface area contributed by atoms with Gasteiger partial charge in [0.2, 0.25) is 0 Å². The molecule has 2 N–H and O–H groups in total. The van der Waals surface area contributed by atoms with Crippen LogP contribution in [0.15, 0.2) is 28.5 Å². The Morgan fingerprint density at radius 2 is 2.10 bits per heavy atom. The Bertz CT molecular complexity index is 789. The molecule has 0 unspecified atom stereocenters. The fourth-order valence-electron chi connectivity index (χ4n) is 1.45. The standard InChI is InChI=1S/C11H8Cl2N2O4S2/c12-6-1-2-9(8(13)3-6)21(18,19)15-11-14-7(5-20-11)4-10(16)17/h1-3,5H,4H2,(H,14,15)(H,16,17). The highest BCUT2D eigenvalue weighted by Crippen LogP contribution is 2.27. The van der Waals surface area contributed by atoms with E-state index < -0.39 is 16.0 Å². The molecule has 0 saturated carbocycles. The van der Waals surface area contributed by atoms with Crippen LogP contribution in [0.25, 0.3) is 0 Å². The van der Waals surface area contributed by atoms with E-state index in [1.54, 1.807) is 0 Å². The van der Waals surface area contributed by atoms with Crippen molar-refractivity contribution in [2.45, 2.75) is 11.3 Å². The van der Waals surface area contributed by atoms with Crippen LogP contribution in [-0.2, 0) is 21.2 Å². The summed E-state index contributed by atoms with van der Waals surface area (Å²) in [7, 11) is -3.92. The predicted octanol–water partition coefficient (Wildman–Crippen LogP) is 2.88. The second-order valence-corrected chi connectivity index (χ2v) is 7.25. The van der Waals surface area contributed by atoms with Gasteiger partial charge in [-0.1, -0.05) is 23.2 Å². The van der Waals surface area contributed by atoms with E-state index in [1.165, 1.54) is 23.6 Å². The molecule has 10 heteroatoms. The molecule has 2 aromatic rings. The van der Waals surface area contributed by atoms with Gasteiger partial charge in [0.05, 0.1) is 17.1 Å². The Kier molecular flexibility index (Phi) is 4.72. The van der Waals surface area contributed by atoms with Crippen molar-refractivity contribution in [3.8, 4) is 0 Å². The minimum absolute atomic E-state index is 0.0164. The van der Waals surface area contributed by atoms with Crippen molar-refractivity contribution in [1.29, 1.82) is 0 Å². The number of sulfonamides is 1. The summed E-state index contributed by atoms with van der Waals surface area (Å²) in [5.41, 5.74) is 0.271. The third-order valence-corrected chi connectivity index (χ3v) is 5.28. The van der Waals surface area contributed by atoms with Gasteiger partial charge < -0.3 is 5.11 Å². The number of carboxylic acids is 1. The molecule has 6 nitrogen and oxygen atoms in total. The number of anilines is 1. The molecule has 0 radical (unpaired) electrons. The lowest BCUT2D eigenvalue weighted by molar-refractivity contribution is -0.136. The first-order valence-corrected chi connectivity index (χ1v) is 8.54. The maximum Gasteiger partial charge on any atom is 0.309 e. The molecule has 0 aliphatic heterocycles. The summed E-state index contributed by atoms with van der Waals surface area (Å²) in [6.07, 6.45) is -0.278. The summed E-state index contributed by atoms with van der Waals surface area (Å²) in [4.78, 5) is 14.3. The average molecular weight is 367 g/mol. The van der Waals surface area contributed by atoms with Crippen molar-refractivity contribution in [2.75, 3.05) is 4.72 Å². The molecule has 112 valence electrons. The third-order valence-electron chi connectivity index (χ3n) is 2.29. The highest BCUT2D eigenvalue weighted by Gasteiger charge is 2.20. The van der Waals surface area contributed by atoms with Gasteiger partial charge in [-0.2, -0.15) is 0 Å². The van der Waals surface area contributed by atoms with Crippen molar-refractivity contribution in [3.63, 3.8) is 0 Å². The first-order chi connectivity index (χ1) is 9.78. The zero-order valence-corrected chi connectivity index (χ0v) is 13.4. The van der Waals surface area contributed by atoms with Gasteiger partial charge in [-0.25, -0.2) is 13.4 Å². The van der Waals surface area contributed by atoms with Gasteiger partial charge in [-0.3, -0.25) is 9.52 Å². The maximum atomic E-state index is 12.2. The molecule has 2 rings (SSSR count). The van der Waals surface area contributed by atoms with Crippen LogP contribution < -0.4 is 4.72 Å². The molecule has 1 aromatic carbocycles. The van der Waals surface area contributed by atoms with Crippen LogP contribution in [0.4, 0.5) is 5.13 Å². The lowest BCUT2D eigenvalue weighted by Crippen LogP contribution is -2.13. The molecule has 0 bridgehead atoms. The fraction of sp³-hybridized carbons (Fsp3) is 0.0909. The van der Waals surface area contributed by atoms with Crippen molar-refractivity contribution in [3.05, 3.63) is 39.3 Å². The van der Waals surface area contributed by atoms with Gasteiger partial charge in [0, 0.05) is 10.4 Å². The van der Waals surface area contributed by atoms with Crippen molar-refractivity contribution >= 4 is 55.7 Å². The maximum absolute atomic E-state index is 12.2. The van der Waals surface area contributed by atoms with Crippen LogP contribution in [0.3, 0.4) is 0 Å². The van der Waals surface area contributed by atoms with Crippen molar-refractivity contribution in [2.24, 2.45) is 0 Å².